The Bertz CT molecular complexity index is 440. The Morgan fingerprint density at radius 2 is 2.00 bits per heavy atom. The van der Waals surface area contributed by atoms with Crippen molar-refractivity contribution in [3.05, 3.63) is 33.6 Å². The van der Waals surface area contributed by atoms with Crippen LogP contribution in [0.3, 0.4) is 0 Å². The van der Waals surface area contributed by atoms with E-state index >= 15 is 0 Å². The van der Waals surface area contributed by atoms with Crippen LogP contribution in [0, 0.1) is 5.82 Å². The van der Waals surface area contributed by atoms with Crippen LogP contribution in [0.25, 0.3) is 0 Å². The molecule has 6 heteroatoms. The van der Waals surface area contributed by atoms with Crippen molar-refractivity contribution in [3.8, 4) is 0 Å². The number of benzene rings is 1. The van der Waals surface area contributed by atoms with E-state index in [2.05, 4.69) is 5.32 Å². The first kappa shape index (κ1) is 14.2. The fraction of sp³-hybridized carbons (Fsp3) is 0.364. The van der Waals surface area contributed by atoms with E-state index in [0.717, 1.165) is 0 Å². The topological polar surface area (TPSA) is 55.1 Å². The number of rotatable bonds is 4. The predicted molar refractivity (Wildman–Crippen MR) is 66.6 cm³/mol. The number of amides is 1. The molecule has 0 bridgehead atoms. The second-order valence-corrected chi connectivity index (χ2v) is 4.55. The Morgan fingerprint density at radius 1 is 1.41 bits per heavy atom. The summed E-state index contributed by atoms with van der Waals surface area (Å²) in [5.74, 6) is -1.05. The summed E-state index contributed by atoms with van der Waals surface area (Å²) in [6.45, 7) is 3.34. The van der Waals surface area contributed by atoms with Crippen LogP contribution >= 0.6 is 23.2 Å². The van der Waals surface area contributed by atoms with E-state index in [9.17, 15) is 9.18 Å². The Hall–Kier alpha value is -0.840. The summed E-state index contributed by atoms with van der Waals surface area (Å²) in [5, 5.41) is 3.19. The maximum Gasteiger partial charge on any atom is 0.234 e. The average Bonchev–Trinajstić information content (AvgIpc) is 2.24. The van der Waals surface area contributed by atoms with Gasteiger partial charge in [-0.3, -0.25) is 10.1 Å². The zero-order valence-corrected chi connectivity index (χ0v) is 10.9. The number of carbonyl (C=O) groups is 1. The van der Waals surface area contributed by atoms with E-state index < -0.39 is 17.8 Å². The van der Waals surface area contributed by atoms with Gasteiger partial charge in [0.15, 0.2) is 0 Å². The number of hydrogen-bond acceptors (Lipinski definition) is 2. The molecular weight excluding hydrogens is 266 g/mol. The van der Waals surface area contributed by atoms with Crippen LogP contribution < -0.4 is 11.1 Å². The molecule has 2 unspecified atom stereocenters. The molecule has 0 aromatic heterocycles. The number of nitrogens with one attached hydrogen (secondary N) is 1. The van der Waals surface area contributed by atoms with Crippen LogP contribution in [0.2, 0.25) is 10.0 Å². The Kier molecular flexibility index (Phi) is 4.74. The minimum Gasteiger partial charge on any atom is -0.368 e. The summed E-state index contributed by atoms with van der Waals surface area (Å²) in [5.41, 5.74) is 5.54. The lowest BCUT2D eigenvalue weighted by atomic mass is 10.1. The Morgan fingerprint density at radius 3 is 2.53 bits per heavy atom. The molecule has 0 aliphatic carbocycles. The van der Waals surface area contributed by atoms with Crippen LogP contribution in [0.5, 0.6) is 0 Å². The molecule has 0 saturated carbocycles. The number of primary amides is 1. The van der Waals surface area contributed by atoms with E-state index in [1.165, 1.54) is 12.1 Å². The van der Waals surface area contributed by atoms with Gasteiger partial charge in [0.05, 0.1) is 11.1 Å². The van der Waals surface area contributed by atoms with Gasteiger partial charge >= 0.3 is 0 Å². The predicted octanol–water partition coefficient (Wildman–Crippen LogP) is 2.66. The van der Waals surface area contributed by atoms with Gasteiger partial charge in [-0.25, -0.2) is 4.39 Å². The van der Waals surface area contributed by atoms with Crippen molar-refractivity contribution in [2.75, 3.05) is 0 Å². The van der Waals surface area contributed by atoms with Gasteiger partial charge in [0.2, 0.25) is 5.91 Å². The van der Waals surface area contributed by atoms with Crippen molar-refractivity contribution >= 4 is 29.1 Å². The lowest BCUT2D eigenvalue weighted by molar-refractivity contribution is -0.119. The van der Waals surface area contributed by atoms with Crippen molar-refractivity contribution in [2.45, 2.75) is 25.9 Å². The van der Waals surface area contributed by atoms with Crippen LogP contribution in [0.1, 0.15) is 25.5 Å². The van der Waals surface area contributed by atoms with Gasteiger partial charge in [-0.1, -0.05) is 23.2 Å². The van der Waals surface area contributed by atoms with Gasteiger partial charge in [0.1, 0.15) is 5.82 Å². The molecule has 3 N–H and O–H groups in total. The highest BCUT2D eigenvalue weighted by Crippen LogP contribution is 2.32. The SMILES string of the molecule is CC(NC(C)c1c(Cl)ccc(F)c1Cl)C(N)=O. The monoisotopic (exact) mass is 278 g/mol. The van der Waals surface area contributed by atoms with Crippen LogP contribution in [-0.2, 0) is 4.79 Å². The molecule has 0 radical (unpaired) electrons. The summed E-state index contributed by atoms with van der Waals surface area (Å²) in [6.07, 6.45) is 0. The molecule has 1 rings (SSSR count). The Balaban J connectivity index is 3.00. The third-order valence-corrected chi connectivity index (χ3v) is 3.15. The number of hydrogen-bond donors (Lipinski definition) is 2. The van der Waals surface area contributed by atoms with Crippen molar-refractivity contribution in [2.24, 2.45) is 5.73 Å². The van der Waals surface area contributed by atoms with Crippen LogP contribution in [0.15, 0.2) is 12.1 Å². The van der Waals surface area contributed by atoms with E-state index in [-0.39, 0.29) is 11.1 Å². The summed E-state index contributed by atoms with van der Waals surface area (Å²) in [7, 11) is 0. The van der Waals surface area contributed by atoms with Gasteiger partial charge in [-0.2, -0.15) is 0 Å². The molecule has 94 valence electrons. The van der Waals surface area contributed by atoms with Crippen molar-refractivity contribution in [1.29, 1.82) is 0 Å². The lowest BCUT2D eigenvalue weighted by Crippen LogP contribution is -2.40. The average molecular weight is 279 g/mol. The molecule has 0 aliphatic rings. The maximum absolute atomic E-state index is 13.3. The fourth-order valence-electron chi connectivity index (χ4n) is 1.48. The molecule has 0 spiro atoms. The smallest absolute Gasteiger partial charge is 0.234 e. The molecule has 0 fully saturated rings. The van der Waals surface area contributed by atoms with E-state index in [4.69, 9.17) is 28.9 Å². The normalized spacial score (nSPS) is 14.4. The number of carbonyl (C=O) groups excluding carboxylic acids is 1. The second kappa shape index (κ2) is 5.67. The van der Waals surface area contributed by atoms with E-state index in [0.29, 0.717) is 10.6 Å². The number of nitrogens with two attached hydrogens (primary N) is 1. The fourth-order valence-corrected chi connectivity index (χ4v) is 2.18. The van der Waals surface area contributed by atoms with E-state index in [1.807, 2.05) is 0 Å². The zero-order valence-electron chi connectivity index (χ0n) is 9.43. The minimum absolute atomic E-state index is 0.0471. The first-order chi connectivity index (χ1) is 7.84. The molecule has 17 heavy (non-hydrogen) atoms. The summed E-state index contributed by atoms with van der Waals surface area (Å²) in [4.78, 5) is 10.9. The zero-order chi connectivity index (χ0) is 13.2. The highest BCUT2D eigenvalue weighted by molar-refractivity contribution is 6.36. The Labute approximate surface area is 109 Å². The molecule has 1 amide bonds. The lowest BCUT2D eigenvalue weighted by Gasteiger charge is -2.20. The van der Waals surface area contributed by atoms with Crippen molar-refractivity contribution in [3.63, 3.8) is 0 Å². The largest absolute Gasteiger partial charge is 0.368 e. The highest BCUT2D eigenvalue weighted by Gasteiger charge is 2.20. The van der Waals surface area contributed by atoms with Gasteiger partial charge in [-0.15, -0.1) is 0 Å². The summed E-state index contributed by atoms with van der Waals surface area (Å²) in [6, 6.07) is 1.68. The second-order valence-electron chi connectivity index (χ2n) is 3.77. The molecular formula is C11H13Cl2FN2O. The molecule has 2 atom stereocenters. The van der Waals surface area contributed by atoms with Gasteiger partial charge in [0.25, 0.3) is 0 Å². The first-order valence-corrected chi connectivity index (χ1v) is 5.79. The van der Waals surface area contributed by atoms with E-state index in [1.54, 1.807) is 13.8 Å². The third-order valence-electron chi connectivity index (χ3n) is 2.44. The van der Waals surface area contributed by atoms with Crippen LogP contribution in [0.4, 0.5) is 4.39 Å². The van der Waals surface area contributed by atoms with Crippen LogP contribution in [-0.4, -0.2) is 11.9 Å². The highest BCUT2D eigenvalue weighted by atomic mass is 35.5. The van der Waals surface area contributed by atoms with Gasteiger partial charge in [0, 0.05) is 16.6 Å². The maximum atomic E-state index is 13.3. The molecule has 0 saturated heterocycles. The summed E-state index contributed by atoms with van der Waals surface area (Å²) >= 11 is 11.8. The molecule has 0 aliphatic heterocycles. The molecule has 1 aromatic rings. The summed E-state index contributed by atoms with van der Waals surface area (Å²) < 4.78 is 13.3. The standard InChI is InChI=1S/C11H13Cl2FN2O/c1-5(16-6(2)11(15)17)9-7(12)3-4-8(14)10(9)13/h3-6,16H,1-2H3,(H2,15,17). The minimum atomic E-state index is -0.555. The van der Waals surface area contributed by atoms with Gasteiger partial charge in [-0.05, 0) is 26.0 Å². The van der Waals surface area contributed by atoms with Crippen molar-refractivity contribution in [1.82, 2.24) is 5.32 Å². The molecule has 3 nitrogen and oxygen atoms in total. The molecule has 1 aromatic carbocycles. The van der Waals surface area contributed by atoms with Crippen molar-refractivity contribution < 1.29 is 9.18 Å². The quantitative estimate of drug-likeness (QED) is 0.832. The number of halogens is 3. The van der Waals surface area contributed by atoms with Gasteiger partial charge < -0.3 is 5.73 Å². The first-order valence-electron chi connectivity index (χ1n) is 5.03. The molecule has 0 heterocycles. The third kappa shape index (κ3) is 3.31.